The van der Waals surface area contributed by atoms with Crippen LogP contribution < -0.4 is 14.4 Å². The Kier molecular flexibility index (Phi) is 5.71. The van der Waals surface area contributed by atoms with Crippen LogP contribution in [0.25, 0.3) is 11.1 Å². The van der Waals surface area contributed by atoms with E-state index < -0.39 is 10.0 Å². The minimum absolute atomic E-state index is 0.279. The van der Waals surface area contributed by atoms with Crippen molar-refractivity contribution in [1.82, 2.24) is 9.71 Å². The van der Waals surface area contributed by atoms with E-state index in [4.69, 9.17) is 9.15 Å². The van der Waals surface area contributed by atoms with Gasteiger partial charge in [-0.2, -0.15) is 4.98 Å². The number of benzene rings is 2. The molecule has 7 nitrogen and oxygen atoms in total. The number of aromatic nitrogens is 1. The molecule has 1 fully saturated rings. The number of nitrogens with one attached hydrogen (secondary N) is 1. The molecule has 3 aromatic rings. The van der Waals surface area contributed by atoms with Gasteiger partial charge in [0.05, 0.1) is 12.0 Å². The van der Waals surface area contributed by atoms with Crippen LogP contribution in [-0.4, -0.2) is 40.1 Å². The second-order valence-corrected chi connectivity index (χ2v) is 9.60. The van der Waals surface area contributed by atoms with E-state index in [0.29, 0.717) is 12.6 Å². The molecule has 4 rings (SSSR count). The van der Waals surface area contributed by atoms with Crippen molar-refractivity contribution in [3.05, 3.63) is 47.5 Å². The summed E-state index contributed by atoms with van der Waals surface area (Å²) in [7, 11) is -1.97. The van der Waals surface area contributed by atoms with Crippen molar-refractivity contribution in [2.24, 2.45) is 5.92 Å². The zero-order valence-electron chi connectivity index (χ0n) is 17.5. The monoisotopic (exact) mass is 429 g/mol. The van der Waals surface area contributed by atoms with Crippen LogP contribution in [0.4, 0.5) is 6.01 Å². The number of aryl methyl sites for hydroxylation is 2. The zero-order valence-corrected chi connectivity index (χ0v) is 18.3. The molecule has 0 aliphatic carbocycles. The maximum absolute atomic E-state index is 12.8. The van der Waals surface area contributed by atoms with Gasteiger partial charge in [0.15, 0.2) is 5.58 Å². The van der Waals surface area contributed by atoms with E-state index in [-0.39, 0.29) is 10.8 Å². The fourth-order valence-corrected chi connectivity index (χ4v) is 5.31. The first kappa shape index (κ1) is 20.7. The number of anilines is 1. The summed E-state index contributed by atoms with van der Waals surface area (Å²) in [5.74, 6) is 1.00. The SMILES string of the molecule is COc1c(C)cc(S(=O)(=O)NCC2CCN(c3nc4ccccc4o3)CC2)cc1C. The molecule has 1 aliphatic rings. The van der Waals surface area contributed by atoms with E-state index in [1.54, 1.807) is 19.2 Å². The van der Waals surface area contributed by atoms with Crippen molar-refractivity contribution < 1.29 is 17.6 Å². The fourth-order valence-electron chi connectivity index (χ4n) is 4.02. The van der Waals surface area contributed by atoms with Crippen LogP contribution in [0.5, 0.6) is 5.75 Å². The fraction of sp³-hybridized carbons (Fsp3) is 0.409. The minimum atomic E-state index is -3.56. The Bertz CT molecular complexity index is 1090. The van der Waals surface area contributed by atoms with Crippen molar-refractivity contribution in [2.45, 2.75) is 31.6 Å². The lowest BCUT2D eigenvalue weighted by molar-refractivity contribution is 0.387. The molecule has 1 aliphatic heterocycles. The number of sulfonamides is 1. The maximum atomic E-state index is 12.8. The lowest BCUT2D eigenvalue weighted by Gasteiger charge is -2.30. The predicted molar refractivity (Wildman–Crippen MR) is 117 cm³/mol. The first-order valence-electron chi connectivity index (χ1n) is 10.1. The molecular weight excluding hydrogens is 402 g/mol. The molecule has 0 amide bonds. The highest BCUT2D eigenvalue weighted by Gasteiger charge is 2.25. The summed E-state index contributed by atoms with van der Waals surface area (Å²) in [6, 6.07) is 11.7. The second kappa shape index (κ2) is 8.28. The lowest BCUT2D eigenvalue weighted by Crippen LogP contribution is -2.38. The van der Waals surface area contributed by atoms with E-state index in [2.05, 4.69) is 14.6 Å². The summed E-state index contributed by atoms with van der Waals surface area (Å²) in [5.41, 5.74) is 3.26. The van der Waals surface area contributed by atoms with Crippen molar-refractivity contribution in [3.8, 4) is 5.75 Å². The van der Waals surface area contributed by atoms with Crippen molar-refractivity contribution in [3.63, 3.8) is 0 Å². The highest BCUT2D eigenvalue weighted by atomic mass is 32.2. The normalized spacial score (nSPS) is 15.6. The predicted octanol–water partition coefficient (Wildman–Crippen LogP) is 3.65. The first-order chi connectivity index (χ1) is 14.4. The number of hydrogen-bond acceptors (Lipinski definition) is 6. The summed E-state index contributed by atoms with van der Waals surface area (Å²) in [6.45, 7) is 5.72. The molecule has 1 saturated heterocycles. The molecule has 160 valence electrons. The molecule has 0 unspecified atom stereocenters. The van der Waals surface area contributed by atoms with Crippen LogP contribution in [0.15, 0.2) is 45.7 Å². The van der Waals surface area contributed by atoms with Gasteiger partial charge in [-0.05, 0) is 68.0 Å². The Labute approximate surface area is 177 Å². The number of piperidine rings is 1. The van der Waals surface area contributed by atoms with Crippen molar-refractivity contribution in [2.75, 3.05) is 31.6 Å². The molecular formula is C22H27N3O4S. The van der Waals surface area contributed by atoms with Crippen LogP contribution in [0.3, 0.4) is 0 Å². The number of para-hydroxylation sites is 2. The standard InChI is InChI=1S/C22H27N3O4S/c1-15-12-18(13-16(2)21(15)28-3)30(26,27)23-14-17-8-10-25(11-9-17)22-24-19-6-4-5-7-20(19)29-22/h4-7,12-13,17,23H,8-11,14H2,1-3H3. The maximum Gasteiger partial charge on any atom is 0.298 e. The van der Waals surface area contributed by atoms with E-state index in [1.807, 2.05) is 38.1 Å². The molecule has 0 atom stereocenters. The Morgan fingerprint density at radius 2 is 1.83 bits per heavy atom. The third-order valence-electron chi connectivity index (χ3n) is 5.68. The summed E-state index contributed by atoms with van der Waals surface area (Å²) in [5, 5.41) is 0. The number of nitrogens with zero attached hydrogens (tertiary/aromatic N) is 2. The highest BCUT2D eigenvalue weighted by molar-refractivity contribution is 7.89. The quantitative estimate of drug-likeness (QED) is 0.644. The van der Waals surface area contributed by atoms with E-state index >= 15 is 0 Å². The number of hydrogen-bond donors (Lipinski definition) is 1. The molecule has 1 N–H and O–H groups in total. The van der Waals surface area contributed by atoms with Gasteiger partial charge in [-0.25, -0.2) is 13.1 Å². The van der Waals surface area contributed by atoms with Gasteiger partial charge in [-0.1, -0.05) is 12.1 Å². The van der Waals surface area contributed by atoms with Gasteiger partial charge in [-0.3, -0.25) is 0 Å². The van der Waals surface area contributed by atoms with Gasteiger partial charge in [0.1, 0.15) is 11.3 Å². The van der Waals surface area contributed by atoms with E-state index in [1.165, 1.54) is 0 Å². The largest absolute Gasteiger partial charge is 0.496 e. The molecule has 0 spiro atoms. The van der Waals surface area contributed by atoms with Crippen LogP contribution in [0.2, 0.25) is 0 Å². The molecule has 2 aromatic carbocycles. The number of methoxy groups -OCH3 is 1. The van der Waals surface area contributed by atoms with E-state index in [9.17, 15) is 8.42 Å². The smallest absolute Gasteiger partial charge is 0.298 e. The van der Waals surface area contributed by atoms with Gasteiger partial charge in [0.25, 0.3) is 6.01 Å². The zero-order chi connectivity index (χ0) is 21.3. The lowest BCUT2D eigenvalue weighted by atomic mass is 9.97. The molecule has 30 heavy (non-hydrogen) atoms. The molecule has 2 heterocycles. The number of fused-ring (bicyclic) bond motifs is 1. The first-order valence-corrected chi connectivity index (χ1v) is 11.6. The molecule has 0 saturated carbocycles. The average Bonchev–Trinajstić information content (AvgIpc) is 3.17. The number of oxazole rings is 1. The average molecular weight is 430 g/mol. The number of ether oxygens (including phenoxy) is 1. The van der Waals surface area contributed by atoms with Gasteiger partial charge in [0.2, 0.25) is 10.0 Å². The Morgan fingerprint density at radius 1 is 1.17 bits per heavy atom. The van der Waals surface area contributed by atoms with Gasteiger partial charge >= 0.3 is 0 Å². The van der Waals surface area contributed by atoms with Gasteiger partial charge in [0, 0.05) is 19.6 Å². The third kappa shape index (κ3) is 4.15. The van der Waals surface area contributed by atoms with Crippen LogP contribution in [-0.2, 0) is 10.0 Å². The molecule has 8 heteroatoms. The summed E-state index contributed by atoms with van der Waals surface area (Å²) < 4.78 is 39.5. The van der Waals surface area contributed by atoms with Crippen molar-refractivity contribution >= 4 is 27.1 Å². The number of rotatable bonds is 6. The van der Waals surface area contributed by atoms with Crippen molar-refractivity contribution in [1.29, 1.82) is 0 Å². The Morgan fingerprint density at radius 3 is 2.47 bits per heavy atom. The highest BCUT2D eigenvalue weighted by Crippen LogP contribution is 2.28. The Hall–Kier alpha value is -2.58. The second-order valence-electron chi connectivity index (χ2n) is 7.84. The summed E-state index contributed by atoms with van der Waals surface area (Å²) in [4.78, 5) is 6.96. The minimum Gasteiger partial charge on any atom is -0.496 e. The van der Waals surface area contributed by atoms with Crippen LogP contribution in [0, 0.1) is 19.8 Å². The molecule has 0 radical (unpaired) electrons. The third-order valence-corrected chi connectivity index (χ3v) is 7.08. The van der Waals surface area contributed by atoms with Crippen LogP contribution >= 0.6 is 0 Å². The van der Waals surface area contributed by atoms with Crippen LogP contribution in [0.1, 0.15) is 24.0 Å². The topological polar surface area (TPSA) is 84.7 Å². The van der Waals surface area contributed by atoms with Gasteiger partial charge < -0.3 is 14.1 Å². The molecule has 0 bridgehead atoms. The summed E-state index contributed by atoms with van der Waals surface area (Å²) in [6.07, 6.45) is 1.75. The summed E-state index contributed by atoms with van der Waals surface area (Å²) >= 11 is 0. The molecule has 1 aromatic heterocycles. The Balaban J connectivity index is 1.36. The van der Waals surface area contributed by atoms with E-state index in [0.717, 1.165) is 53.9 Å². The van der Waals surface area contributed by atoms with Gasteiger partial charge in [-0.15, -0.1) is 0 Å².